The van der Waals surface area contributed by atoms with Gasteiger partial charge in [-0.1, -0.05) is 27.7 Å². The van der Waals surface area contributed by atoms with E-state index in [-0.39, 0.29) is 16.7 Å². The first-order valence-electron chi connectivity index (χ1n) is 6.58. The van der Waals surface area contributed by atoms with Crippen LogP contribution in [0.1, 0.15) is 44.9 Å². The lowest BCUT2D eigenvalue weighted by atomic mass is 10.0. The first-order valence-corrected chi connectivity index (χ1v) is 8.02. The lowest BCUT2D eigenvalue weighted by molar-refractivity contribution is 0.417. The van der Waals surface area contributed by atoms with E-state index in [0.29, 0.717) is 18.7 Å². The van der Waals surface area contributed by atoms with Crippen molar-refractivity contribution in [3.63, 3.8) is 0 Å². The lowest BCUT2D eigenvalue weighted by Crippen LogP contribution is -2.32. The molecule has 0 atom stereocenters. The third-order valence-corrected chi connectivity index (χ3v) is 5.67. The van der Waals surface area contributed by atoms with Crippen molar-refractivity contribution in [3.05, 3.63) is 11.3 Å². The van der Waals surface area contributed by atoms with E-state index in [9.17, 15) is 13.5 Å². The van der Waals surface area contributed by atoms with Gasteiger partial charge in [0.1, 0.15) is 0 Å². The Kier molecular flexibility index (Phi) is 4.68. The minimum atomic E-state index is -3.65. The van der Waals surface area contributed by atoms with Gasteiger partial charge in [0.05, 0.1) is 0 Å². The van der Waals surface area contributed by atoms with Crippen molar-refractivity contribution < 1.29 is 13.5 Å². The number of hydrogen-bond donors (Lipinski definition) is 1. The SMILES string of the molecule is CCN(CC)S(=O)(=O)c1c(O)c(C(C)C)c(C)n1C. The zero-order chi connectivity index (χ0) is 15.0. The van der Waals surface area contributed by atoms with Crippen LogP contribution in [0.2, 0.25) is 0 Å². The predicted octanol–water partition coefficient (Wildman–Crippen LogP) is 2.19. The Hall–Kier alpha value is -1.01. The summed E-state index contributed by atoms with van der Waals surface area (Å²) in [4.78, 5) is 0. The van der Waals surface area contributed by atoms with Gasteiger partial charge < -0.3 is 9.67 Å². The van der Waals surface area contributed by atoms with E-state index in [0.717, 1.165) is 5.69 Å². The molecule has 6 heteroatoms. The summed E-state index contributed by atoms with van der Waals surface area (Å²) in [5.41, 5.74) is 1.49. The molecule has 0 radical (unpaired) electrons. The smallest absolute Gasteiger partial charge is 0.262 e. The maximum absolute atomic E-state index is 12.6. The number of aromatic nitrogens is 1. The highest BCUT2D eigenvalue weighted by atomic mass is 32.2. The van der Waals surface area contributed by atoms with Gasteiger partial charge in [-0.2, -0.15) is 4.31 Å². The molecule has 0 spiro atoms. The van der Waals surface area contributed by atoms with Crippen molar-refractivity contribution in [2.24, 2.45) is 7.05 Å². The van der Waals surface area contributed by atoms with Gasteiger partial charge in [0.25, 0.3) is 10.0 Å². The van der Waals surface area contributed by atoms with Crippen LogP contribution in [0.15, 0.2) is 5.03 Å². The van der Waals surface area contributed by atoms with E-state index in [1.807, 2.05) is 20.8 Å². The average molecular weight is 288 g/mol. The number of hydrogen-bond acceptors (Lipinski definition) is 3. The third-order valence-electron chi connectivity index (χ3n) is 3.52. The van der Waals surface area contributed by atoms with Gasteiger partial charge in [0, 0.05) is 31.4 Å². The Morgan fingerprint density at radius 2 is 1.74 bits per heavy atom. The van der Waals surface area contributed by atoms with Crippen molar-refractivity contribution in [2.75, 3.05) is 13.1 Å². The van der Waals surface area contributed by atoms with Gasteiger partial charge in [0.15, 0.2) is 10.8 Å². The van der Waals surface area contributed by atoms with Crippen LogP contribution in [0.4, 0.5) is 0 Å². The summed E-state index contributed by atoms with van der Waals surface area (Å²) < 4.78 is 28.1. The summed E-state index contributed by atoms with van der Waals surface area (Å²) >= 11 is 0. The number of rotatable bonds is 5. The summed E-state index contributed by atoms with van der Waals surface area (Å²) in [5.74, 6) is -0.0336. The molecule has 1 aromatic heterocycles. The predicted molar refractivity (Wildman–Crippen MR) is 76.0 cm³/mol. The Morgan fingerprint density at radius 1 is 1.26 bits per heavy atom. The zero-order valence-corrected chi connectivity index (χ0v) is 13.4. The van der Waals surface area contributed by atoms with Crippen molar-refractivity contribution >= 4 is 10.0 Å². The second-order valence-corrected chi connectivity index (χ2v) is 6.81. The van der Waals surface area contributed by atoms with Crippen LogP contribution in [0.25, 0.3) is 0 Å². The summed E-state index contributed by atoms with van der Waals surface area (Å²) in [5, 5.41) is 10.3. The van der Waals surface area contributed by atoms with E-state index < -0.39 is 10.0 Å². The van der Waals surface area contributed by atoms with Gasteiger partial charge in [-0.3, -0.25) is 0 Å². The summed E-state index contributed by atoms with van der Waals surface area (Å²) in [6.45, 7) is 10.1. The van der Waals surface area contributed by atoms with Crippen LogP contribution in [-0.4, -0.2) is 35.5 Å². The molecule has 5 nitrogen and oxygen atoms in total. The first-order chi connectivity index (χ1) is 8.69. The van der Waals surface area contributed by atoms with Crippen LogP contribution >= 0.6 is 0 Å². The Bertz CT molecular complexity index is 555. The standard InChI is InChI=1S/C13H24N2O3S/c1-7-15(8-2)19(17,18)13-12(16)11(9(3)4)10(5)14(13)6/h9,16H,7-8H2,1-6H3. The van der Waals surface area contributed by atoms with Gasteiger partial charge >= 0.3 is 0 Å². The molecular weight excluding hydrogens is 264 g/mol. The van der Waals surface area contributed by atoms with Crippen molar-refractivity contribution in [3.8, 4) is 5.75 Å². The van der Waals surface area contributed by atoms with Gasteiger partial charge in [-0.15, -0.1) is 0 Å². The number of aromatic hydroxyl groups is 1. The average Bonchev–Trinajstić information content (AvgIpc) is 2.51. The van der Waals surface area contributed by atoms with Crippen LogP contribution in [0.3, 0.4) is 0 Å². The Morgan fingerprint density at radius 3 is 2.05 bits per heavy atom. The molecule has 0 aliphatic heterocycles. The fourth-order valence-electron chi connectivity index (χ4n) is 2.45. The fourth-order valence-corrected chi connectivity index (χ4v) is 4.21. The molecule has 0 saturated heterocycles. The number of nitrogens with zero attached hydrogens (tertiary/aromatic N) is 2. The highest BCUT2D eigenvalue weighted by Gasteiger charge is 2.32. The quantitative estimate of drug-likeness (QED) is 0.903. The largest absolute Gasteiger partial charge is 0.505 e. The molecule has 0 fully saturated rings. The van der Waals surface area contributed by atoms with Crippen LogP contribution in [0.5, 0.6) is 5.75 Å². The Balaban J connectivity index is 3.57. The van der Waals surface area contributed by atoms with E-state index in [2.05, 4.69) is 0 Å². The minimum Gasteiger partial charge on any atom is -0.505 e. The molecule has 0 amide bonds. The van der Waals surface area contributed by atoms with Gasteiger partial charge in [-0.25, -0.2) is 8.42 Å². The summed E-state index contributed by atoms with van der Waals surface area (Å²) in [6.07, 6.45) is 0. The maximum Gasteiger partial charge on any atom is 0.262 e. The summed E-state index contributed by atoms with van der Waals surface area (Å²) in [6, 6.07) is 0. The zero-order valence-electron chi connectivity index (χ0n) is 12.6. The molecule has 110 valence electrons. The molecule has 0 aliphatic rings. The second kappa shape index (κ2) is 5.54. The van der Waals surface area contributed by atoms with E-state index >= 15 is 0 Å². The molecule has 0 bridgehead atoms. The Labute approximate surface area is 115 Å². The molecule has 1 rings (SSSR count). The molecule has 0 aromatic carbocycles. The van der Waals surface area contributed by atoms with Crippen LogP contribution in [0, 0.1) is 6.92 Å². The molecule has 19 heavy (non-hydrogen) atoms. The topological polar surface area (TPSA) is 62.5 Å². The molecule has 1 N–H and O–H groups in total. The molecule has 0 aliphatic carbocycles. The fraction of sp³-hybridized carbons (Fsp3) is 0.692. The highest BCUT2D eigenvalue weighted by molar-refractivity contribution is 7.89. The molecule has 1 aromatic rings. The third kappa shape index (κ3) is 2.51. The minimum absolute atomic E-state index is 0.00241. The molecular formula is C13H24N2O3S. The van der Waals surface area contributed by atoms with E-state index in [1.165, 1.54) is 4.31 Å². The van der Waals surface area contributed by atoms with E-state index in [1.54, 1.807) is 25.5 Å². The van der Waals surface area contributed by atoms with Crippen LogP contribution < -0.4 is 0 Å². The maximum atomic E-state index is 12.6. The van der Waals surface area contributed by atoms with Crippen LogP contribution in [-0.2, 0) is 17.1 Å². The van der Waals surface area contributed by atoms with Gasteiger partial charge in [-0.05, 0) is 12.8 Å². The highest BCUT2D eigenvalue weighted by Crippen LogP contribution is 2.37. The number of sulfonamides is 1. The van der Waals surface area contributed by atoms with Gasteiger partial charge in [0.2, 0.25) is 0 Å². The molecule has 1 heterocycles. The van der Waals surface area contributed by atoms with Crippen molar-refractivity contribution in [2.45, 2.75) is 45.6 Å². The first kappa shape index (κ1) is 16.0. The summed E-state index contributed by atoms with van der Waals surface area (Å²) in [7, 11) is -1.97. The second-order valence-electron chi connectivity index (χ2n) is 4.96. The monoisotopic (exact) mass is 288 g/mol. The molecule has 0 saturated carbocycles. The van der Waals surface area contributed by atoms with Crippen molar-refractivity contribution in [1.29, 1.82) is 0 Å². The van der Waals surface area contributed by atoms with Crippen molar-refractivity contribution in [1.82, 2.24) is 8.87 Å². The van der Waals surface area contributed by atoms with E-state index in [4.69, 9.17) is 0 Å². The molecule has 0 unspecified atom stereocenters. The normalized spacial score (nSPS) is 12.6. The lowest BCUT2D eigenvalue weighted by Gasteiger charge is -2.19.